The summed E-state index contributed by atoms with van der Waals surface area (Å²) < 4.78 is 2.91. The van der Waals surface area contributed by atoms with Crippen LogP contribution in [-0.2, 0) is 11.3 Å². The van der Waals surface area contributed by atoms with Crippen molar-refractivity contribution in [1.82, 2.24) is 4.57 Å². The number of amides is 1. The number of nitrogens with zero attached hydrogens (tertiary/aromatic N) is 1. The van der Waals surface area contributed by atoms with Crippen molar-refractivity contribution >= 4 is 44.2 Å². The lowest BCUT2D eigenvalue weighted by Gasteiger charge is -2.05. The molecular weight excluding hydrogens is 416 g/mol. The van der Waals surface area contributed by atoms with Gasteiger partial charge in [-0.15, -0.1) is 0 Å². The molecule has 0 bridgehead atoms. The highest BCUT2D eigenvalue weighted by Gasteiger charge is 2.21. The summed E-state index contributed by atoms with van der Waals surface area (Å²) in [5.74, 6) is -1.20. The molecule has 4 aromatic rings. The Hall–Kier alpha value is -3.18. The smallest absolute Gasteiger partial charge is 0.296 e. The maximum atomic E-state index is 12.9. The summed E-state index contributed by atoms with van der Waals surface area (Å²) in [5.41, 5.74) is 3.03. The molecule has 0 saturated carbocycles. The van der Waals surface area contributed by atoms with Gasteiger partial charge in [-0.2, -0.15) is 0 Å². The highest BCUT2D eigenvalue weighted by atomic mass is 79.9. The van der Waals surface area contributed by atoms with Crippen LogP contribution in [0, 0.1) is 0 Å². The average molecular weight is 433 g/mol. The Kier molecular flexibility index (Phi) is 5.08. The number of Topliss-reactive ketones (excluding diaryl/α,β-unsaturated/α-hetero) is 1. The van der Waals surface area contributed by atoms with Crippen molar-refractivity contribution in [2.24, 2.45) is 0 Å². The number of hydrogen-bond acceptors (Lipinski definition) is 2. The number of halogens is 1. The van der Waals surface area contributed by atoms with Crippen molar-refractivity contribution in [3.05, 3.63) is 101 Å². The summed E-state index contributed by atoms with van der Waals surface area (Å²) in [6.07, 6.45) is 1.77. The van der Waals surface area contributed by atoms with E-state index < -0.39 is 11.7 Å². The molecule has 4 rings (SSSR count). The molecule has 1 N–H and O–H groups in total. The number of nitrogens with one attached hydrogen (secondary N) is 1. The molecule has 5 heteroatoms. The third kappa shape index (κ3) is 3.75. The van der Waals surface area contributed by atoms with Gasteiger partial charge < -0.3 is 9.88 Å². The van der Waals surface area contributed by atoms with Crippen LogP contribution in [0.2, 0.25) is 0 Å². The van der Waals surface area contributed by atoms with E-state index in [2.05, 4.69) is 21.2 Å². The molecule has 0 aliphatic carbocycles. The molecule has 3 aromatic carbocycles. The zero-order valence-corrected chi connectivity index (χ0v) is 16.5. The average Bonchev–Trinajstić information content (AvgIpc) is 3.08. The fourth-order valence-electron chi connectivity index (χ4n) is 3.18. The zero-order valence-electron chi connectivity index (χ0n) is 14.9. The number of rotatable bonds is 5. The maximum absolute atomic E-state index is 12.9. The molecule has 0 spiro atoms. The van der Waals surface area contributed by atoms with Crippen molar-refractivity contribution in [3.63, 3.8) is 0 Å². The van der Waals surface area contributed by atoms with Crippen LogP contribution in [0.5, 0.6) is 0 Å². The zero-order chi connectivity index (χ0) is 19.5. The van der Waals surface area contributed by atoms with Gasteiger partial charge in [0.25, 0.3) is 11.7 Å². The Morgan fingerprint density at radius 1 is 0.857 bits per heavy atom. The Labute approximate surface area is 170 Å². The van der Waals surface area contributed by atoms with Gasteiger partial charge in [0, 0.05) is 33.8 Å². The highest BCUT2D eigenvalue weighted by molar-refractivity contribution is 9.10. The summed E-state index contributed by atoms with van der Waals surface area (Å²) in [4.78, 5) is 25.4. The number of anilines is 1. The van der Waals surface area contributed by atoms with E-state index in [9.17, 15) is 9.59 Å². The quantitative estimate of drug-likeness (QED) is 0.344. The van der Waals surface area contributed by atoms with Crippen LogP contribution in [0.1, 0.15) is 15.9 Å². The van der Waals surface area contributed by atoms with Crippen LogP contribution in [0.3, 0.4) is 0 Å². The first kappa shape index (κ1) is 18.2. The molecule has 4 nitrogen and oxygen atoms in total. The van der Waals surface area contributed by atoms with Gasteiger partial charge in [-0.05, 0) is 35.9 Å². The van der Waals surface area contributed by atoms with E-state index in [-0.39, 0.29) is 0 Å². The number of fused-ring (bicyclic) bond motifs is 1. The van der Waals surface area contributed by atoms with Crippen LogP contribution >= 0.6 is 15.9 Å². The number of para-hydroxylation sites is 1. The lowest BCUT2D eigenvalue weighted by Crippen LogP contribution is -2.22. The molecule has 0 atom stereocenters. The molecule has 28 heavy (non-hydrogen) atoms. The largest absolute Gasteiger partial charge is 0.342 e. The van der Waals surface area contributed by atoms with Crippen LogP contribution in [-0.4, -0.2) is 16.3 Å². The molecule has 138 valence electrons. The molecule has 0 unspecified atom stereocenters. The number of benzene rings is 3. The molecule has 0 radical (unpaired) electrons. The molecular formula is C23H17BrN2O2. The second kappa shape index (κ2) is 7.82. The lowest BCUT2D eigenvalue weighted by molar-refractivity contribution is -0.112. The van der Waals surface area contributed by atoms with E-state index in [0.29, 0.717) is 17.8 Å². The van der Waals surface area contributed by atoms with Crippen molar-refractivity contribution in [2.75, 3.05) is 5.32 Å². The van der Waals surface area contributed by atoms with E-state index in [1.54, 1.807) is 18.3 Å². The standard InChI is InChI=1S/C23H17BrN2O2/c24-17-10-12-18(13-11-17)25-23(28)22(27)20-15-26(14-16-6-2-1-3-7-16)21-9-5-4-8-19(20)21/h1-13,15H,14H2,(H,25,28). The Morgan fingerprint density at radius 3 is 2.29 bits per heavy atom. The van der Waals surface area contributed by atoms with Gasteiger partial charge in [0.2, 0.25) is 0 Å². The predicted molar refractivity (Wildman–Crippen MR) is 115 cm³/mol. The molecule has 1 aromatic heterocycles. The van der Waals surface area contributed by atoms with Crippen molar-refractivity contribution in [1.29, 1.82) is 0 Å². The van der Waals surface area contributed by atoms with E-state index in [0.717, 1.165) is 20.9 Å². The van der Waals surface area contributed by atoms with Gasteiger partial charge in [-0.25, -0.2) is 0 Å². The summed E-state index contributed by atoms with van der Waals surface area (Å²) in [6, 6.07) is 24.8. The maximum Gasteiger partial charge on any atom is 0.296 e. The summed E-state index contributed by atoms with van der Waals surface area (Å²) in [5, 5.41) is 3.45. The van der Waals surface area contributed by atoms with E-state index >= 15 is 0 Å². The van der Waals surface area contributed by atoms with Crippen LogP contribution < -0.4 is 5.32 Å². The number of carbonyl (C=O) groups excluding carboxylic acids is 2. The minimum Gasteiger partial charge on any atom is -0.342 e. The van der Waals surface area contributed by atoms with Crippen LogP contribution in [0.25, 0.3) is 10.9 Å². The van der Waals surface area contributed by atoms with Crippen LogP contribution in [0.4, 0.5) is 5.69 Å². The summed E-state index contributed by atoms with van der Waals surface area (Å²) >= 11 is 3.35. The van der Waals surface area contributed by atoms with Crippen LogP contribution in [0.15, 0.2) is 89.5 Å². The fourth-order valence-corrected chi connectivity index (χ4v) is 3.45. The van der Waals surface area contributed by atoms with Gasteiger partial charge in [-0.1, -0.05) is 64.5 Å². The fraction of sp³-hybridized carbons (Fsp3) is 0.0435. The summed E-state index contributed by atoms with van der Waals surface area (Å²) in [6.45, 7) is 0.628. The Balaban J connectivity index is 1.65. The van der Waals surface area contributed by atoms with E-state index in [1.165, 1.54) is 0 Å². The molecule has 0 aliphatic rings. The topological polar surface area (TPSA) is 51.1 Å². The van der Waals surface area contributed by atoms with Gasteiger partial charge in [0.1, 0.15) is 0 Å². The Morgan fingerprint density at radius 2 is 1.54 bits per heavy atom. The van der Waals surface area contributed by atoms with Gasteiger partial charge >= 0.3 is 0 Å². The number of aromatic nitrogens is 1. The SMILES string of the molecule is O=C(Nc1ccc(Br)cc1)C(=O)c1cn(Cc2ccccc2)c2ccccc12. The third-order valence-electron chi connectivity index (χ3n) is 4.54. The molecule has 0 aliphatic heterocycles. The number of ketones is 1. The van der Waals surface area contributed by atoms with Gasteiger partial charge in [0.15, 0.2) is 0 Å². The summed E-state index contributed by atoms with van der Waals surface area (Å²) in [7, 11) is 0. The molecule has 1 heterocycles. The number of hydrogen-bond donors (Lipinski definition) is 1. The van der Waals surface area contributed by atoms with E-state index in [1.807, 2.05) is 71.3 Å². The first-order valence-electron chi connectivity index (χ1n) is 8.85. The van der Waals surface area contributed by atoms with Gasteiger partial charge in [-0.3, -0.25) is 9.59 Å². The predicted octanol–water partition coefficient (Wildman–Crippen LogP) is 5.27. The Bertz CT molecular complexity index is 1150. The minimum atomic E-state index is -0.648. The second-order valence-corrected chi connectivity index (χ2v) is 7.38. The highest BCUT2D eigenvalue weighted by Crippen LogP contribution is 2.23. The molecule has 1 amide bonds. The van der Waals surface area contributed by atoms with Crippen molar-refractivity contribution in [2.45, 2.75) is 6.54 Å². The second-order valence-electron chi connectivity index (χ2n) is 6.46. The number of carbonyl (C=O) groups is 2. The third-order valence-corrected chi connectivity index (χ3v) is 5.07. The monoisotopic (exact) mass is 432 g/mol. The normalized spacial score (nSPS) is 10.8. The van der Waals surface area contributed by atoms with E-state index in [4.69, 9.17) is 0 Å². The van der Waals surface area contributed by atoms with Crippen molar-refractivity contribution < 1.29 is 9.59 Å². The molecule has 0 saturated heterocycles. The van der Waals surface area contributed by atoms with Crippen molar-refractivity contribution in [3.8, 4) is 0 Å². The first-order valence-corrected chi connectivity index (χ1v) is 9.64. The lowest BCUT2D eigenvalue weighted by atomic mass is 10.1. The molecule has 0 fully saturated rings. The minimum absolute atomic E-state index is 0.404. The van der Waals surface area contributed by atoms with Gasteiger partial charge in [0.05, 0.1) is 5.56 Å². The first-order chi connectivity index (χ1) is 13.6.